The van der Waals surface area contributed by atoms with Gasteiger partial charge in [0.1, 0.15) is 0 Å². The van der Waals surface area contributed by atoms with E-state index in [1.807, 2.05) is 0 Å². The summed E-state index contributed by atoms with van der Waals surface area (Å²) in [4.78, 5) is 0. The maximum Gasteiger partial charge on any atom is 0.235 e. The van der Waals surface area contributed by atoms with Crippen LogP contribution in [0.5, 0.6) is 0 Å². The lowest BCUT2D eigenvalue weighted by molar-refractivity contribution is 0.599. The van der Waals surface area contributed by atoms with Crippen LogP contribution in [0.3, 0.4) is 0 Å². The first-order chi connectivity index (χ1) is 7.63. The average Bonchev–Trinajstić information content (AvgIpc) is 2.60. The molecule has 84 valence electrons. The van der Waals surface area contributed by atoms with E-state index >= 15 is 0 Å². The third-order valence-electron chi connectivity index (χ3n) is 2.61. The van der Waals surface area contributed by atoms with Crippen molar-refractivity contribution in [2.24, 2.45) is 0 Å². The Hall–Kier alpha value is -1.54. The molecule has 0 atom stereocenters. The monoisotopic (exact) mass is 236 g/mol. The minimum atomic E-state index is -3.10. The van der Waals surface area contributed by atoms with E-state index in [1.54, 1.807) is 24.3 Å². The molecule has 0 radical (unpaired) electrons. The van der Waals surface area contributed by atoms with Gasteiger partial charge >= 0.3 is 0 Å². The molecule has 0 aromatic heterocycles. The van der Waals surface area contributed by atoms with Gasteiger partial charge in [0.15, 0.2) is 0 Å². The van der Waals surface area contributed by atoms with Crippen LogP contribution in [0.15, 0.2) is 24.3 Å². The van der Waals surface area contributed by atoms with Crippen molar-refractivity contribution in [3.05, 3.63) is 29.8 Å². The van der Waals surface area contributed by atoms with E-state index in [0.29, 0.717) is 25.1 Å². The maximum atomic E-state index is 11.6. The number of benzene rings is 1. The van der Waals surface area contributed by atoms with E-state index in [9.17, 15) is 8.42 Å². The van der Waals surface area contributed by atoms with Crippen LogP contribution in [0.1, 0.15) is 12.0 Å². The Kier molecular flexibility index (Phi) is 2.84. The SMILES string of the molecule is N#CCc1ccc(N2CCCS2(=O)=O)cc1. The van der Waals surface area contributed by atoms with Gasteiger partial charge in [-0.25, -0.2) is 8.42 Å². The van der Waals surface area contributed by atoms with E-state index < -0.39 is 10.0 Å². The molecule has 1 aliphatic heterocycles. The third-order valence-corrected chi connectivity index (χ3v) is 4.48. The maximum absolute atomic E-state index is 11.6. The van der Waals surface area contributed by atoms with Gasteiger partial charge in [-0.1, -0.05) is 12.1 Å². The zero-order valence-corrected chi connectivity index (χ0v) is 9.57. The molecule has 1 fully saturated rings. The molecule has 0 amide bonds. The third kappa shape index (κ3) is 2.02. The molecule has 1 aliphatic rings. The highest BCUT2D eigenvalue weighted by atomic mass is 32.2. The fraction of sp³-hybridized carbons (Fsp3) is 0.364. The molecule has 0 N–H and O–H groups in total. The van der Waals surface area contributed by atoms with Crippen LogP contribution in [0, 0.1) is 11.3 Å². The van der Waals surface area contributed by atoms with Crippen LogP contribution in [0.2, 0.25) is 0 Å². The summed E-state index contributed by atoms with van der Waals surface area (Å²) in [6.45, 7) is 0.555. The van der Waals surface area contributed by atoms with E-state index in [-0.39, 0.29) is 5.75 Å². The van der Waals surface area contributed by atoms with Crippen molar-refractivity contribution in [1.82, 2.24) is 0 Å². The molecule has 1 saturated heterocycles. The molecule has 0 bridgehead atoms. The predicted octanol–water partition coefficient (Wildman–Crippen LogP) is 1.29. The molecule has 4 nitrogen and oxygen atoms in total. The Morgan fingerprint density at radius 3 is 2.50 bits per heavy atom. The molecular weight excluding hydrogens is 224 g/mol. The first-order valence-corrected chi connectivity index (χ1v) is 6.71. The van der Waals surface area contributed by atoms with E-state index in [0.717, 1.165) is 5.56 Å². The topological polar surface area (TPSA) is 61.2 Å². The summed E-state index contributed by atoms with van der Waals surface area (Å²) in [5.41, 5.74) is 1.60. The quantitative estimate of drug-likeness (QED) is 0.777. The molecule has 1 heterocycles. The smallest absolute Gasteiger partial charge is 0.235 e. The predicted molar refractivity (Wildman–Crippen MR) is 61.5 cm³/mol. The molecule has 1 aromatic carbocycles. The largest absolute Gasteiger partial charge is 0.270 e. The standard InChI is InChI=1S/C11H12N2O2S/c12-7-6-10-2-4-11(5-3-10)13-8-1-9-16(13,14)15/h2-5H,1,6,8-9H2. The van der Waals surface area contributed by atoms with E-state index in [2.05, 4.69) is 6.07 Å². The van der Waals surface area contributed by atoms with Crippen molar-refractivity contribution < 1.29 is 8.42 Å². The molecule has 16 heavy (non-hydrogen) atoms. The lowest BCUT2D eigenvalue weighted by atomic mass is 10.1. The first-order valence-electron chi connectivity index (χ1n) is 5.10. The normalized spacial score (nSPS) is 18.3. The molecule has 0 unspecified atom stereocenters. The fourth-order valence-corrected chi connectivity index (χ4v) is 3.37. The molecule has 2 rings (SSSR count). The van der Waals surface area contributed by atoms with Gasteiger partial charge in [-0.3, -0.25) is 4.31 Å². The highest BCUT2D eigenvalue weighted by Gasteiger charge is 2.28. The Morgan fingerprint density at radius 2 is 2.00 bits per heavy atom. The zero-order chi connectivity index (χ0) is 11.6. The van der Waals surface area contributed by atoms with Crippen LogP contribution in [-0.2, 0) is 16.4 Å². The lowest BCUT2D eigenvalue weighted by Gasteiger charge is -2.16. The first kappa shape index (κ1) is 11.0. The summed E-state index contributed by atoms with van der Waals surface area (Å²) in [7, 11) is -3.10. The molecule has 1 aromatic rings. The second-order valence-corrected chi connectivity index (χ2v) is 5.76. The van der Waals surface area contributed by atoms with Crippen LogP contribution < -0.4 is 4.31 Å². The summed E-state index contributed by atoms with van der Waals surface area (Å²) < 4.78 is 24.7. The Balaban J connectivity index is 2.26. The van der Waals surface area contributed by atoms with Crippen molar-refractivity contribution in [2.75, 3.05) is 16.6 Å². The van der Waals surface area contributed by atoms with E-state index in [4.69, 9.17) is 5.26 Å². The van der Waals surface area contributed by atoms with Gasteiger partial charge in [-0.05, 0) is 24.1 Å². The summed E-state index contributed by atoms with van der Waals surface area (Å²) >= 11 is 0. The summed E-state index contributed by atoms with van der Waals surface area (Å²) in [5.74, 6) is 0.229. The van der Waals surface area contributed by atoms with Gasteiger partial charge in [-0.2, -0.15) is 5.26 Å². The second-order valence-electron chi connectivity index (χ2n) is 3.74. The van der Waals surface area contributed by atoms with Crippen molar-refractivity contribution in [3.63, 3.8) is 0 Å². The van der Waals surface area contributed by atoms with Crippen molar-refractivity contribution in [1.29, 1.82) is 5.26 Å². The number of rotatable bonds is 2. The highest BCUT2D eigenvalue weighted by Crippen LogP contribution is 2.24. The van der Waals surface area contributed by atoms with Gasteiger partial charge in [0, 0.05) is 6.54 Å². The van der Waals surface area contributed by atoms with Crippen LogP contribution in [0.25, 0.3) is 0 Å². The Labute approximate surface area is 95.2 Å². The zero-order valence-electron chi connectivity index (χ0n) is 8.76. The van der Waals surface area contributed by atoms with Gasteiger partial charge in [0.2, 0.25) is 10.0 Å². The molecule has 5 heteroatoms. The van der Waals surface area contributed by atoms with Gasteiger partial charge in [-0.15, -0.1) is 0 Å². The minimum Gasteiger partial charge on any atom is -0.270 e. The second kappa shape index (κ2) is 4.14. The van der Waals surface area contributed by atoms with E-state index in [1.165, 1.54) is 4.31 Å². The summed E-state index contributed by atoms with van der Waals surface area (Å²) in [5, 5.41) is 8.53. The molecule has 0 aliphatic carbocycles. The summed E-state index contributed by atoms with van der Waals surface area (Å²) in [6, 6.07) is 9.17. The number of nitriles is 1. The van der Waals surface area contributed by atoms with Gasteiger partial charge in [0.05, 0.1) is 23.9 Å². The van der Waals surface area contributed by atoms with Crippen molar-refractivity contribution in [2.45, 2.75) is 12.8 Å². The highest BCUT2D eigenvalue weighted by molar-refractivity contribution is 7.93. The molecular formula is C11H12N2O2S. The number of hydrogen-bond acceptors (Lipinski definition) is 3. The lowest BCUT2D eigenvalue weighted by Crippen LogP contribution is -2.24. The number of sulfonamides is 1. The number of anilines is 1. The number of nitrogens with zero attached hydrogens (tertiary/aromatic N) is 2. The van der Waals surface area contributed by atoms with Crippen LogP contribution >= 0.6 is 0 Å². The molecule has 0 spiro atoms. The van der Waals surface area contributed by atoms with Gasteiger partial charge in [0.25, 0.3) is 0 Å². The Bertz CT molecular complexity index is 514. The van der Waals surface area contributed by atoms with Crippen molar-refractivity contribution >= 4 is 15.7 Å². The summed E-state index contributed by atoms with van der Waals surface area (Å²) in [6.07, 6.45) is 1.04. The fourth-order valence-electron chi connectivity index (χ4n) is 1.80. The Morgan fingerprint density at radius 1 is 1.31 bits per heavy atom. The molecule has 0 saturated carbocycles. The van der Waals surface area contributed by atoms with Crippen LogP contribution in [-0.4, -0.2) is 20.7 Å². The van der Waals surface area contributed by atoms with Crippen molar-refractivity contribution in [3.8, 4) is 6.07 Å². The van der Waals surface area contributed by atoms with Crippen LogP contribution in [0.4, 0.5) is 5.69 Å². The number of hydrogen-bond donors (Lipinski definition) is 0. The minimum absolute atomic E-state index is 0.229. The average molecular weight is 236 g/mol. The van der Waals surface area contributed by atoms with Gasteiger partial charge < -0.3 is 0 Å².